The quantitative estimate of drug-likeness (QED) is 0.129. The highest BCUT2D eigenvalue weighted by molar-refractivity contribution is 5.93. The van der Waals surface area contributed by atoms with Gasteiger partial charge in [0.05, 0.1) is 34.9 Å². The van der Waals surface area contributed by atoms with Crippen LogP contribution in [0.5, 0.6) is 0 Å². The van der Waals surface area contributed by atoms with Gasteiger partial charge in [-0.15, -0.1) is 0 Å². The van der Waals surface area contributed by atoms with E-state index in [4.69, 9.17) is 9.15 Å². The smallest absolute Gasteiger partial charge is 0.375 e. The number of carbonyl (C=O) groups is 2. The lowest BCUT2D eigenvalue weighted by Crippen LogP contribution is -2.64. The van der Waals surface area contributed by atoms with Crippen LogP contribution in [0.1, 0.15) is 73.3 Å². The molecule has 0 saturated heterocycles. The van der Waals surface area contributed by atoms with Crippen molar-refractivity contribution in [1.82, 2.24) is 15.1 Å². The van der Waals surface area contributed by atoms with Gasteiger partial charge >= 0.3 is 5.97 Å². The number of hydrogen-bond donors (Lipinski definition) is 2. The van der Waals surface area contributed by atoms with E-state index in [0.29, 0.717) is 31.4 Å². The third-order valence-electron chi connectivity index (χ3n) is 12.5. The van der Waals surface area contributed by atoms with Crippen molar-refractivity contribution in [2.45, 2.75) is 70.6 Å². The molecule has 0 spiro atoms. The van der Waals surface area contributed by atoms with Crippen molar-refractivity contribution >= 4 is 23.6 Å². The molecular weight excluding hydrogens is 636 g/mol. The molecule has 2 aromatic carbocycles. The monoisotopic (exact) mass is 676 g/mol. The van der Waals surface area contributed by atoms with Crippen LogP contribution in [0.4, 0.5) is 5.69 Å². The van der Waals surface area contributed by atoms with Crippen LogP contribution < -0.4 is 5.32 Å². The zero-order valence-electron chi connectivity index (χ0n) is 28.1. The molecule has 11 heteroatoms. The molecule has 7 atom stereocenters. The van der Waals surface area contributed by atoms with E-state index in [0.717, 1.165) is 29.7 Å². The molecule has 2 N–H and O–H groups in total. The van der Waals surface area contributed by atoms with E-state index in [1.807, 2.05) is 49.5 Å². The van der Waals surface area contributed by atoms with Gasteiger partial charge in [0.25, 0.3) is 11.6 Å². The maximum atomic E-state index is 14.4. The van der Waals surface area contributed by atoms with E-state index in [2.05, 4.69) is 23.4 Å². The molecule has 11 nitrogen and oxygen atoms in total. The predicted molar refractivity (Wildman–Crippen MR) is 183 cm³/mol. The number of aliphatic hydroxyl groups excluding tert-OH is 1. The lowest BCUT2D eigenvalue weighted by Gasteiger charge is -2.60. The topological polar surface area (TPSA) is 150 Å². The second kappa shape index (κ2) is 11.8. The van der Waals surface area contributed by atoms with Gasteiger partial charge in [0, 0.05) is 24.1 Å². The fourth-order valence-corrected chi connectivity index (χ4v) is 10.2. The van der Waals surface area contributed by atoms with E-state index in [1.54, 1.807) is 16.8 Å². The Kier molecular flexibility index (Phi) is 7.59. The molecule has 3 fully saturated rings. The molecular formula is C39H40N4O7. The van der Waals surface area contributed by atoms with Crippen LogP contribution in [-0.4, -0.2) is 43.4 Å². The Balaban J connectivity index is 1.12. The molecule has 4 aliphatic rings. The number of amides is 1. The highest BCUT2D eigenvalue weighted by atomic mass is 16.6. The van der Waals surface area contributed by atoms with Gasteiger partial charge in [0.1, 0.15) is 0 Å². The SMILES string of the molecule is C[C@]12Cc3cnn(-c4cccc([N+](=O)[O-])c4)c3C=C1CCC1C2[C@@H](O)C[C@@]2(C)C1CC[C@]2(OC(=O)c1ccco1)C(=O)NCc1ccccc1. The Morgan fingerprint density at radius 2 is 1.94 bits per heavy atom. The molecule has 2 heterocycles. The number of carbonyl (C=O) groups excluding carboxylic acids is 2. The summed E-state index contributed by atoms with van der Waals surface area (Å²) in [5.41, 5.74) is 2.03. The summed E-state index contributed by atoms with van der Waals surface area (Å²) in [4.78, 5) is 39.0. The number of fused-ring (bicyclic) bond motifs is 6. The van der Waals surface area contributed by atoms with Crippen LogP contribution in [-0.2, 0) is 22.5 Å². The number of nitro groups is 1. The van der Waals surface area contributed by atoms with Crippen molar-refractivity contribution in [3.8, 4) is 5.69 Å². The average molecular weight is 677 g/mol. The first-order valence-corrected chi connectivity index (χ1v) is 17.3. The van der Waals surface area contributed by atoms with Crippen molar-refractivity contribution in [2.24, 2.45) is 28.6 Å². The maximum Gasteiger partial charge on any atom is 0.375 e. The van der Waals surface area contributed by atoms with Gasteiger partial charge in [-0.25, -0.2) is 9.48 Å². The first-order valence-electron chi connectivity index (χ1n) is 17.3. The number of esters is 1. The van der Waals surface area contributed by atoms with Gasteiger partial charge in [-0.05, 0) is 97.1 Å². The molecule has 4 aliphatic carbocycles. The van der Waals surface area contributed by atoms with E-state index >= 15 is 0 Å². The fraction of sp³-hybridized carbons (Fsp3) is 0.410. The van der Waals surface area contributed by atoms with Crippen LogP contribution in [0, 0.1) is 38.7 Å². The molecule has 3 unspecified atom stereocenters. The van der Waals surface area contributed by atoms with Crippen molar-refractivity contribution < 1.29 is 28.8 Å². The summed E-state index contributed by atoms with van der Waals surface area (Å²) < 4.78 is 13.5. The number of benzene rings is 2. The molecule has 258 valence electrons. The van der Waals surface area contributed by atoms with E-state index in [9.17, 15) is 24.8 Å². The van der Waals surface area contributed by atoms with E-state index in [1.165, 1.54) is 30.0 Å². The Labute approximate surface area is 289 Å². The second-order valence-corrected chi connectivity index (χ2v) is 14.9. The third kappa shape index (κ3) is 4.85. The molecule has 0 aliphatic heterocycles. The molecule has 4 aromatic rings. The van der Waals surface area contributed by atoms with Crippen molar-refractivity contribution in [2.75, 3.05) is 0 Å². The van der Waals surface area contributed by atoms with E-state index < -0.39 is 28.0 Å². The number of allylic oxidation sites excluding steroid dienone is 1. The lowest BCUT2D eigenvalue weighted by atomic mass is 9.45. The van der Waals surface area contributed by atoms with E-state index in [-0.39, 0.29) is 47.1 Å². The Morgan fingerprint density at radius 1 is 1.12 bits per heavy atom. The summed E-state index contributed by atoms with van der Waals surface area (Å²) in [6.07, 6.45) is 8.26. The number of rotatable bonds is 7. The summed E-state index contributed by atoms with van der Waals surface area (Å²) in [5.74, 6) is -0.982. The zero-order chi connectivity index (χ0) is 34.8. The molecule has 50 heavy (non-hydrogen) atoms. The van der Waals surface area contributed by atoms with Gasteiger partial charge in [-0.1, -0.05) is 55.8 Å². The lowest BCUT2D eigenvalue weighted by molar-refractivity contribution is -0.384. The Bertz CT molecular complexity index is 2000. The number of hydrogen-bond acceptors (Lipinski definition) is 8. The minimum absolute atomic E-state index is 0.00478. The zero-order valence-corrected chi connectivity index (χ0v) is 28.1. The van der Waals surface area contributed by atoms with Crippen LogP contribution in [0.2, 0.25) is 0 Å². The molecule has 3 saturated carbocycles. The van der Waals surface area contributed by atoms with Crippen LogP contribution in [0.25, 0.3) is 11.8 Å². The standard InChI is InChI=1S/C39H40N4O7/c1-37-20-25-23-41-42(27-10-6-11-28(19-27)43(47)48)31(25)18-26(37)13-14-29-30-15-16-39(38(30,2)21-32(44)34(29)37,50-35(45)33-12-7-17-49-33)36(46)40-22-24-8-4-3-5-9-24/h3-12,17-19,23,29-30,32,34,44H,13-16,20-22H2,1-2H3,(H,40,46)/t29?,30?,32-,34?,37-,38-,39-/m0/s1. The first kappa shape index (κ1) is 32.2. The highest BCUT2D eigenvalue weighted by Crippen LogP contribution is 2.68. The number of aliphatic hydroxyl groups is 1. The number of ether oxygens (including phenoxy) is 1. The number of nitrogens with zero attached hydrogens (tertiary/aromatic N) is 3. The van der Waals surface area contributed by atoms with Gasteiger partial charge in [-0.2, -0.15) is 5.10 Å². The average Bonchev–Trinajstić information content (AvgIpc) is 3.85. The fourth-order valence-electron chi connectivity index (χ4n) is 10.2. The van der Waals surface area contributed by atoms with Crippen molar-refractivity contribution in [3.63, 3.8) is 0 Å². The van der Waals surface area contributed by atoms with Crippen molar-refractivity contribution in [1.29, 1.82) is 0 Å². The molecule has 0 bridgehead atoms. The molecule has 1 amide bonds. The summed E-state index contributed by atoms with van der Waals surface area (Å²) in [6, 6.07) is 19.3. The second-order valence-electron chi connectivity index (χ2n) is 14.9. The summed E-state index contributed by atoms with van der Waals surface area (Å²) in [6.45, 7) is 4.55. The summed E-state index contributed by atoms with van der Waals surface area (Å²) >= 11 is 0. The van der Waals surface area contributed by atoms with Crippen LogP contribution in [0.3, 0.4) is 0 Å². The summed E-state index contributed by atoms with van der Waals surface area (Å²) in [7, 11) is 0. The first-order chi connectivity index (χ1) is 24.0. The molecule has 2 aromatic heterocycles. The van der Waals surface area contributed by atoms with Gasteiger partial charge in [-0.3, -0.25) is 14.9 Å². The number of aromatic nitrogens is 2. The molecule has 8 rings (SSSR count). The van der Waals surface area contributed by atoms with Gasteiger partial charge in [0.2, 0.25) is 5.76 Å². The number of furan rings is 1. The van der Waals surface area contributed by atoms with Gasteiger partial charge < -0.3 is 19.6 Å². The Morgan fingerprint density at radius 3 is 2.70 bits per heavy atom. The molecule has 0 radical (unpaired) electrons. The third-order valence-corrected chi connectivity index (χ3v) is 12.5. The van der Waals surface area contributed by atoms with Crippen LogP contribution in [0.15, 0.2) is 89.2 Å². The van der Waals surface area contributed by atoms with Gasteiger partial charge in [0.15, 0.2) is 5.60 Å². The number of non-ortho nitro benzene ring substituents is 1. The largest absolute Gasteiger partial charge is 0.457 e. The number of nitro benzene ring substituents is 1. The summed E-state index contributed by atoms with van der Waals surface area (Å²) in [5, 5.41) is 31.5. The maximum absolute atomic E-state index is 14.4. The predicted octanol–water partition coefficient (Wildman–Crippen LogP) is 6.44. The minimum Gasteiger partial charge on any atom is -0.457 e. The van der Waals surface area contributed by atoms with Crippen LogP contribution >= 0.6 is 0 Å². The minimum atomic E-state index is -1.50. The normalized spacial score (nSPS) is 31.0. The van der Waals surface area contributed by atoms with Crippen molar-refractivity contribution in [3.05, 3.63) is 117 Å². The highest BCUT2D eigenvalue weighted by Gasteiger charge is 2.71. The Hall–Kier alpha value is -5.03. The number of nitrogens with one attached hydrogen (secondary N) is 1.